The summed E-state index contributed by atoms with van der Waals surface area (Å²) in [6, 6.07) is 0. The molecule has 0 aromatic rings. The first-order valence-electron chi connectivity index (χ1n) is 4.42. The van der Waals surface area contributed by atoms with Gasteiger partial charge in [0.25, 0.3) is 0 Å². The lowest BCUT2D eigenvalue weighted by Crippen LogP contribution is -1.90. The van der Waals surface area contributed by atoms with E-state index in [0.717, 1.165) is 0 Å². The Morgan fingerprint density at radius 2 is 1.91 bits per heavy atom. The van der Waals surface area contributed by atoms with Crippen molar-refractivity contribution in [2.45, 2.75) is 19.3 Å². The molecule has 1 rings (SSSR count). The summed E-state index contributed by atoms with van der Waals surface area (Å²) < 4.78 is 0. The molecule has 1 heteroatoms. The molecule has 0 saturated carbocycles. The summed E-state index contributed by atoms with van der Waals surface area (Å²) >= 11 is 0. The molecule has 62 valence electrons. The zero-order chi connectivity index (χ0) is 7.94. The molecule has 0 N–H and O–H groups in total. The van der Waals surface area contributed by atoms with Crippen molar-refractivity contribution in [3.8, 4) is 0 Å². The van der Waals surface area contributed by atoms with Gasteiger partial charge < -0.3 is 0 Å². The van der Waals surface area contributed by atoms with Gasteiger partial charge >= 0.3 is 0 Å². The Kier molecular flexibility index (Phi) is 4.54. The number of hydrogen-bond acceptors (Lipinski definition) is 0. The summed E-state index contributed by atoms with van der Waals surface area (Å²) in [5.74, 6) is 0. The highest BCUT2D eigenvalue weighted by Crippen LogP contribution is 2.39. The minimum Gasteiger partial charge on any atom is -0.106 e. The maximum Gasteiger partial charge on any atom is -0.0291 e. The lowest BCUT2D eigenvalue weighted by molar-refractivity contribution is 1.17. The first kappa shape index (κ1) is 9.00. The van der Waals surface area contributed by atoms with Crippen molar-refractivity contribution in [1.82, 2.24) is 0 Å². The van der Waals surface area contributed by atoms with Gasteiger partial charge in [0.2, 0.25) is 0 Å². The van der Waals surface area contributed by atoms with Crippen LogP contribution >= 0.6 is 7.92 Å². The molecule has 0 saturated heterocycles. The van der Waals surface area contributed by atoms with Crippen LogP contribution in [0.5, 0.6) is 0 Å². The summed E-state index contributed by atoms with van der Waals surface area (Å²) in [5, 5.41) is 0. The van der Waals surface area contributed by atoms with E-state index < -0.39 is 0 Å². The molecule has 0 bridgehead atoms. The van der Waals surface area contributed by atoms with Crippen molar-refractivity contribution in [2.75, 3.05) is 18.5 Å². The van der Waals surface area contributed by atoms with Gasteiger partial charge in [0.05, 0.1) is 0 Å². The van der Waals surface area contributed by atoms with Gasteiger partial charge in [0.1, 0.15) is 0 Å². The molecule has 0 aromatic heterocycles. The Morgan fingerprint density at radius 1 is 1.27 bits per heavy atom. The van der Waals surface area contributed by atoms with Gasteiger partial charge in [0.15, 0.2) is 0 Å². The first-order valence-corrected chi connectivity index (χ1v) is 6.31. The topological polar surface area (TPSA) is 0 Å². The smallest absolute Gasteiger partial charge is 0.0291 e. The molecule has 1 aliphatic heterocycles. The zero-order valence-electron chi connectivity index (χ0n) is 7.13. The van der Waals surface area contributed by atoms with Crippen molar-refractivity contribution in [3.05, 3.63) is 24.8 Å². The van der Waals surface area contributed by atoms with Crippen LogP contribution in [0.3, 0.4) is 0 Å². The van der Waals surface area contributed by atoms with Gasteiger partial charge in [-0.3, -0.25) is 0 Å². The molecule has 0 aromatic carbocycles. The zero-order valence-corrected chi connectivity index (χ0v) is 8.02. The third kappa shape index (κ3) is 3.72. The molecule has 0 amide bonds. The lowest BCUT2D eigenvalue weighted by Gasteiger charge is -2.12. The van der Waals surface area contributed by atoms with Gasteiger partial charge in [-0.25, -0.2) is 0 Å². The van der Waals surface area contributed by atoms with Crippen LogP contribution in [0.1, 0.15) is 19.3 Å². The van der Waals surface area contributed by atoms with Crippen molar-refractivity contribution in [1.29, 1.82) is 0 Å². The molecule has 1 aliphatic rings. The van der Waals surface area contributed by atoms with Crippen LogP contribution in [0.25, 0.3) is 0 Å². The minimum atomic E-state index is 0.362. The van der Waals surface area contributed by atoms with Crippen molar-refractivity contribution >= 4 is 7.92 Å². The van der Waals surface area contributed by atoms with Crippen LogP contribution in [-0.4, -0.2) is 18.5 Å². The van der Waals surface area contributed by atoms with Crippen LogP contribution in [0.2, 0.25) is 0 Å². The summed E-state index contributed by atoms with van der Waals surface area (Å²) in [6.45, 7) is 3.76. The summed E-state index contributed by atoms with van der Waals surface area (Å²) in [6.07, 6.45) is 14.9. The second kappa shape index (κ2) is 5.55. The lowest BCUT2D eigenvalue weighted by atomic mass is 10.4. The van der Waals surface area contributed by atoms with E-state index in [9.17, 15) is 0 Å². The molecule has 11 heavy (non-hydrogen) atoms. The number of hydrogen-bond donors (Lipinski definition) is 0. The predicted molar refractivity (Wildman–Crippen MR) is 54.7 cm³/mol. The standard InChI is InChI=1S/C10H17P/c1-2-3-8-11-9-6-4-5-7-10-11/h2,4-5H,1,3,6-10H2. The first-order chi connectivity index (χ1) is 5.43. The van der Waals surface area contributed by atoms with Crippen molar-refractivity contribution in [3.63, 3.8) is 0 Å². The van der Waals surface area contributed by atoms with E-state index in [0.29, 0.717) is 7.92 Å². The Morgan fingerprint density at radius 3 is 2.45 bits per heavy atom. The molecular formula is C10H17P. The Hall–Kier alpha value is -0.0900. The summed E-state index contributed by atoms with van der Waals surface area (Å²) in [4.78, 5) is 0. The van der Waals surface area contributed by atoms with E-state index in [4.69, 9.17) is 0 Å². The fraction of sp³-hybridized carbons (Fsp3) is 0.600. The van der Waals surface area contributed by atoms with Crippen LogP contribution < -0.4 is 0 Å². The molecule has 0 atom stereocenters. The van der Waals surface area contributed by atoms with E-state index in [1.54, 1.807) is 0 Å². The second-order valence-corrected chi connectivity index (χ2v) is 5.65. The Labute approximate surface area is 71.1 Å². The average Bonchev–Trinajstić information content (AvgIpc) is 2.28. The van der Waals surface area contributed by atoms with Crippen LogP contribution in [0, 0.1) is 0 Å². The monoisotopic (exact) mass is 168 g/mol. The van der Waals surface area contributed by atoms with Crippen LogP contribution in [-0.2, 0) is 0 Å². The molecule has 1 heterocycles. The van der Waals surface area contributed by atoms with Crippen LogP contribution in [0.4, 0.5) is 0 Å². The van der Waals surface area contributed by atoms with Gasteiger partial charge in [-0.15, -0.1) is 14.5 Å². The SMILES string of the molecule is C=CCCP1CCC=CCC1. The van der Waals surface area contributed by atoms with E-state index in [2.05, 4.69) is 24.8 Å². The fourth-order valence-electron chi connectivity index (χ4n) is 1.36. The molecule has 0 fully saturated rings. The second-order valence-electron chi connectivity index (χ2n) is 2.97. The quantitative estimate of drug-likeness (QED) is 0.447. The highest BCUT2D eigenvalue weighted by atomic mass is 31.1. The molecule has 0 spiro atoms. The number of rotatable bonds is 3. The van der Waals surface area contributed by atoms with E-state index in [1.165, 1.54) is 37.7 Å². The molecule has 0 unspecified atom stereocenters. The normalized spacial score (nSPS) is 19.6. The minimum absolute atomic E-state index is 0.362. The van der Waals surface area contributed by atoms with Crippen molar-refractivity contribution in [2.24, 2.45) is 0 Å². The molecular weight excluding hydrogens is 151 g/mol. The Bertz CT molecular complexity index is 128. The summed E-state index contributed by atoms with van der Waals surface area (Å²) in [7, 11) is 0.362. The maximum atomic E-state index is 3.76. The number of allylic oxidation sites excluding steroid dienone is 3. The molecule has 0 radical (unpaired) electrons. The fourth-order valence-corrected chi connectivity index (χ4v) is 3.61. The Balaban J connectivity index is 2.18. The van der Waals surface area contributed by atoms with Gasteiger partial charge in [-0.05, 0) is 37.7 Å². The third-order valence-electron chi connectivity index (χ3n) is 2.04. The largest absolute Gasteiger partial charge is 0.106 e. The van der Waals surface area contributed by atoms with E-state index in [1.807, 2.05) is 0 Å². The van der Waals surface area contributed by atoms with Gasteiger partial charge in [-0.1, -0.05) is 18.2 Å². The highest BCUT2D eigenvalue weighted by Gasteiger charge is 2.06. The average molecular weight is 168 g/mol. The molecule has 0 nitrogen and oxygen atoms in total. The van der Waals surface area contributed by atoms with Gasteiger partial charge in [0, 0.05) is 0 Å². The van der Waals surface area contributed by atoms with E-state index >= 15 is 0 Å². The van der Waals surface area contributed by atoms with Crippen molar-refractivity contribution < 1.29 is 0 Å². The summed E-state index contributed by atoms with van der Waals surface area (Å²) in [5.41, 5.74) is 0. The van der Waals surface area contributed by atoms with E-state index in [-0.39, 0.29) is 0 Å². The van der Waals surface area contributed by atoms with Crippen LogP contribution in [0.15, 0.2) is 24.8 Å². The highest BCUT2D eigenvalue weighted by molar-refractivity contribution is 7.57. The predicted octanol–water partition coefficient (Wildman–Crippen LogP) is 3.39. The third-order valence-corrected chi connectivity index (χ3v) is 4.71. The van der Waals surface area contributed by atoms with Gasteiger partial charge in [-0.2, -0.15) is 0 Å². The molecule has 0 aliphatic carbocycles. The maximum absolute atomic E-state index is 3.76.